The first-order valence-corrected chi connectivity index (χ1v) is 10.7. The van der Waals surface area contributed by atoms with E-state index >= 15 is 0 Å². The summed E-state index contributed by atoms with van der Waals surface area (Å²) < 4.78 is 10.8. The van der Waals surface area contributed by atoms with Crippen LogP contribution < -0.4 is 20.1 Å². The van der Waals surface area contributed by atoms with Crippen LogP contribution in [0.2, 0.25) is 0 Å². The third kappa shape index (κ3) is 5.35. The highest BCUT2D eigenvalue weighted by Crippen LogP contribution is 2.36. The van der Waals surface area contributed by atoms with Crippen molar-refractivity contribution < 1.29 is 9.47 Å². The monoisotopic (exact) mass is 528 g/mol. The molecule has 2 atom stereocenters. The van der Waals surface area contributed by atoms with E-state index in [1.54, 1.807) is 0 Å². The fraction of sp³-hybridized carbons (Fsp3) is 0.476. The number of thiophene rings is 1. The highest BCUT2D eigenvalue weighted by atomic mass is 127. The third-order valence-corrected chi connectivity index (χ3v) is 6.44. The van der Waals surface area contributed by atoms with Gasteiger partial charge in [0.05, 0.1) is 0 Å². The molecular formula is C21H29IN4O2S. The summed E-state index contributed by atoms with van der Waals surface area (Å²) in [7, 11) is 4.06. The summed E-state index contributed by atoms with van der Waals surface area (Å²) in [6.45, 7) is 3.07. The van der Waals surface area contributed by atoms with E-state index < -0.39 is 0 Å². The van der Waals surface area contributed by atoms with E-state index in [0.717, 1.165) is 36.1 Å². The molecule has 0 saturated carbocycles. The number of aliphatic imine (C=N–C) groups is 1. The largest absolute Gasteiger partial charge is 0.454 e. The zero-order valence-electron chi connectivity index (χ0n) is 16.9. The van der Waals surface area contributed by atoms with Gasteiger partial charge in [-0.15, -0.1) is 35.3 Å². The van der Waals surface area contributed by atoms with Crippen LogP contribution in [0.4, 0.5) is 0 Å². The highest BCUT2D eigenvalue weighted by Gasteiger charge is 2.31. The molecule has 2 N–H and O–H groups in total. The molecule has 1 fully saturated rings. The van der Waals surface area contributed by atoms with Gasteiger partial charge in [0.1, 0.15) is 0 Å². The Labute approximate surface area is 193 Å². The van der Waals surface area contributed by atoms with Crippen LogP contribution in [0.5, 0.6) is 11.5 Å². The SMILES string of the molecule is CN=C(NCc1ccc2c(c1)OCO2)NCC1CCCN(C)C1c1cccs1.I. The molecule has 1 saturated heterocycles. The second-order valence-electron chi connectivity index (χ2n) is 7.34. The van der Waals surface area contributed by atoms with Crippen LogP contribution in [0.3, 0.4) is 0 Å². The molecule has 0 bridgehead atoms. The first-order valence-electron chi connectivity index (χ1n) is 9.81. The van der Waals surface area contributed by atoms with Crippen LogP contribution in [0.1, 0.15) is 29.3 Å². The van der Waals surface area contributed by atoms with E-state index in [1.807, 2.05) is 30.5 Å². The first-order chi connectivity index (χ1) is 13.7. The molecule has 8 heteroatoms. The van der Waals surface area contributed by atoms with E-state index in [0.29, 0.717) is 25.3 Å². The number of benzene rings is 1. The van der Waals surface area contributed by atoms with Crippen molar-refractivity contribution in [3.05, 3.63) is 46.2 Å². The van der Waals surface area contributed by atoms with Crippen LogP contribution in [0.25, 0.3) is 0 Å². The highest BCUT2D eigenvalue weighted by molar-refractivity contribution is 14.0. The van der Waals surface area contributed by atoms with Crippen LogP contribution in [0, 0.1) is 5.92 Å². The van der Waals surface area contributed by atoms with E-state index in [2.05, 4.69) is 51.2 Å². The van der Waals surface area contributed by atoms with Crippen LogP contribution in [0.15, 0.2) is 40.7 Å². The lowest BCUT2D eigenvalue weighted by atomic mass is 9.88. The van der Waals surface area contributed by atoms with Gasteiger partial charge in [0.25, 0.3) is 0 Å². The molecule has 1 aromatic carbocycles. The Morgan fingerprint density at radius 2 is 2.10 bits per heavy atom. The van der Waals surface area contributed by atoms with Crippen molar-refractivity contribution >= 4 is 41.3 Å². The Bertz CT molecular complexity index is 815. The van der Waals surface area contributed by atoms with Gasteiger partial charge < -0.3 is 20.1 Å². The van der Waals surface area contributed by atoms with E-state index in [1.165, 1.54) is 17.7 Å². The molecule has 3 heterocycles. The molecule has 1 aromatic heterocycles. The second-order valence-corrected chi connectivity index (χ2v) is 8.32. The van der Waals surface area contributed by atoms with Gasteiger partial charge in [-0.1, -0.05) is 12.1 Å². The molecular weight excluding hydrogens is 499 g/mol. The van der Waals surface area contributed by atoms with Gasteiger partial charge >= 0.3 is 0 Å². The van der Waals surface area contributed by atoms with Gasteiger partial charge in [0.2, 0.25) is 6.79 Å². The fourth-order valence-corrected chi connectivity index (χ4v) is 5.05. The summed E-state index contributed by atoms with van der Waals surface area (Å²) >= 11 is 1.86. The van der Waals surface area contributed by atoms with Crippen molar-refractivity contribution in [2.24, 2.45) is 10.9 Å². The van der Waals surface area contributed by atoms with Crippen LogP contribution in [-0.4, -0.2) is 44.8 Å². The summed E-state index contributed by atoms with van der Waals surface area (Å²) in [5.74, 6) is 3.02. The van der Waals surface area contributed by atoms with Gasteiger partial charge in [-0.2, -0.15) is 0 Å². The summed E-state index contributed by atoms with van der Waals surface area (Å²) in [4.78, 5) is 8.34. The van der Waals surface area contributed by atoms with Crippen molar-refractivity contribution in [3.63, 3.8) is 0 Å². The molecule has 2 aromatic rings. The normalized spacial score (nSPS) is 21.5. The van der Waals surface area contributed by atoms with Crippen molar-refractivity contribution in [3.8, 4) is 11.5 Å². The molecule has 6 nitrogen and oxygen atoms in total. The molecule has 2 unspecified atom stereocenters. The van der Waals surface area contributed by atoms with Crippen molar-refractivity contribution in [1.29, 1.82) is 0 Å². The van der Waals surface area contributed by atoms with Gasteiger partial charge in [0, 0.05) is 31.1 Å². The number of ether oxygens (including phenoxy) is 2. The van der Waals surface area contributed by atoms with Gasteiger partial charge in [-0.25, -0.2) is 0 Å². The summed E-state index contributed by atoms with van der Waals surface area (Å²) in [5.41, 5.74) is 1.14. The van der Waals surface area contributed by atoms with Crippen LogP contribution in [-0.2, 0) is 6.54 Å². The Morgan fingerprint density at radius 3 is 2.90 bits per heavy atom. The lowest BCUT2D eigenvalue weighted by Gasteiger charge is -2.39. The Hall–Kier alpha value is -1.52. The molecule has 29 heavy (non-hydrogen) atoms. The predicted octanol–water partition coefficient (Wildman–Crippen LogP) is 3.84. The topological polar surface area (TPSA) is 58.1 Å². The van der Waals surface area contributed by atoms with E-state index in [4.69, 9.17) is 9.47 Å². The number of nitrogens with one attached hydrogen (secondary N) is 2. The standard InChI is InChI=1S/C21H28N4O2S.HI/c1-22-21(23-12-15-7-8-17-18(11-15)27-14-26-17)24-13-16-5-3-9-25(2)20(16)19-6-4-10-28-19;/h4,6-8,10-11,16,20H,3,5,9,12-14H2,1-2H3,(H2,22,23,24);1H. The minimum Gasteiger partial charge on any atom is -0.454 e. The van der Waals surface area contributed by atoms with E-state index in [-0.39, 0.29) is 24.0 Å². The minimum absolute atomic E-state index is 0. The number of guanidine groups is 1. The van der Waals surface area contributed by atoms with Gasteiger partial charge in [0.15, 0.2) is 17.5 Å². The maximum absolute atomic E-state index is 5.46. The second kappa shape index (κ2) is 10.5. The molecule has 0 radical (unpaired) electrons. The fourth-order valence-electron chi connectivity index (χ4n) is 4.07. The average Bonchev–Trinajstić information content (AvgIpc) is 3.39. The van der Waals surface area contributed by atoms with Crippen molar-refractivity contribution in [2.75, 3.05) is 34.0 Å². The lowest BCUT2D eigenvalue weighted by molar-refractivity contribution is 0.125. The van der Waals surface area contributed by atoms with Crippen LogP contribution >= 0.6 is 35.3 Å². The summed E-state index contributed by atoms with van der Waals surface area (Å²) in [6.07, 6.45) is 2.48. The molecule has 2 aliphatic heterocycles. The summed E-state index contributed by atoms with van der Waals surface area (Å²) in [6, 6.07) is 10.9. The third-order valence-electron chi connectivity index (χ3n) is 5.49. The predicted molar refractivity (Wildman–Crippen MR) is 129 cm³/mol. The average molecular weight is 528 g/mol. The number of piperidine rings is 1. The first kappa shape index (κ1) is 22.2. The minimum atomic E-state index is 0. The Morgan fingerprint density at radius 1 is 1.24 bits per heavy atom. The number of hydrogen-bond acceptors (Lipinski definition) is 5. The maximum Gasteiger partial charge on any atom is 0.231 e. The molecule has 4 rings (SSSR count). The number of nitrogens with zero attached hydrogens (tertiary/aromatic N) is 2. The molecule has 2 aliphatic rings. The zero-order chi connectivity index (χ0) is 19.3. The lowest BCUT2D eigenvalue weighted by Crippen LogP contribution is -2.44. The molecule has 0 aliphatic carbocycles. The zero-order valence-corrected chi connectivity index (χ0v) is 20.0. The van der Waals surface area contributed by atoms with E-state index in [9.17, 15) is 0 Å². The van der Waals surface area contributed by atoms with Crippen molar-refractivity contribution in [1.82, 2.24) is 15.5 Å². The van der Waals surface area contributed by atoms with Gasteiger partial charge in [-0.3, -0.25) is 9.89 Å². The maximum atomic E-state index is 5.46. The number of rotatable bonds is 5. The Balaban J connectivity index is 0.00000240. The number of halogens is 1. The van der Waals surface area contributed by atoms with Gasteiger partial charge in [-0.05, 0) is 61.5 Å². The number of hydrogen-bond donors (Lipinski definition) is 2. The quantitative estimate of drug-likeness (QED) is 0.351. The molecule has 158 valence electrons. The Kier molecular flexibility index (Phi) is 8.02. The van der Waals surface area contributed by atoms with Crippen molar-refractivity contribution in [2.45, 2.75) is 25.4 Å². The summed E-state index contributed by atoms with van der Waals surface area (Å²) in [5, 5.41) is 9.12. The molecule has 0 amide bonds. The number of fused-ring (bicyclic) bond motifs is 1. The smallest absolute Gasteiger partial charge is 0.231 e. The molecule has 0 spiro atoms. The number of likely N-dealkylation sites (tertiary alicyclic amines) is 1.